The normalized spacial score (nSPS) is 8.92. The number of rotatable bonds is 4. The third-order valence-electron chi connectivity index (χ3n) is 1.02. The number of hydrogen-bond acceptors (Lipinski definition) is 5. The molecule has 4 nitrogen and oxygen atoms in total. The molecule has 0 heterocycles. The largest absolute Gasteiger partial charge is 1.00 e. The Labute approximate surface area is 127 Å². The van der Waals surface area contributed by atoms with Gasteiger partial charge in [0.05, 0.1) is 13.2 Å². The van der Waals surface area contributed by atoms with Crippen molar-refractivity contribution in [3.05, 3.63) is 0 Å². The molecule has 0 atom stereocenters. The summed E-state index contributed by atoms with van der Waals surface area (Å²) in [5, 5.41) is -1.12. The Bertz CT molecular complexity index is 161. The van der Waals surface area contributed by atoms with Gasteiger partial charge in [0.15, 0.2) is 5.25 Å². The molecule has 0 saturated carbocycles. The summed E-state index contributed by atoms with van der Waals surface area (Å²) in [5.74, 6) is -1.33. The average molecular weight is 232 g/mol. The van der Waals surface area contributed by atoms with Crippen molar-refractivity contribution in [3.63, 3.8) is 0 Å². The summed E-state index contributed by atoms with van der Waals surface area (Å²) in [4.78, 5) is 21.7. The fourth-order valence-electron chi connectivity index (χ4n) is 0.539. The van der Waals surface area contributed by atoms with Crippen LogP contribution in [0.3, 0.4) is 0 Å². The van der Waals surface area contributed by atoms with Gasteiger partial charge in [-0.15, -0.1) is 0 Å². The number of ether oxygens (including phenoxy) is 2. The van der Waals surface area contributed by atoms with Crippen molar-refractivity contribution in [1.29, 1.82) is 0 Å². The predicted molar refractivity (Wildman–Crippen MR) is 47.2 cm³/mol. The third kappa shape index (κ3) is 6.93. The molecule has 0 aromatic heterocycles. The van der Waals surface area contributed by atoms with E-state index in [0.717, 1.165) is 0 Å². The van der Waals surface area contributed by atoms with Crippen LogP contribution in [-0.2, 0) is 19.1 Å². The van der Waals surface area contributed by atoms with E-state index < -0.39 is 17.2 Å². The first-order valence-electron chi connectivity index (χ1n) is 3.64. The SMILES string of the molecule is CCOC(=O)C(S)C(=O)OCC.[H-].[K+]. The molecule has 0 unspecified atom stereocenters. The Morgan fingerprint density at radius 3 is 1.77 bits per heavy atom. The summed E-state index contributed by atoms with van der Waals surface area (Å²) < 4.78 is 9.11. The molecule has 0 aliphatic carbocycles. The summed E-state index contributed by atoms with van der Waals surface area (Å²) >= 11 is 3.74. The number of carbonyl (C=O) groups excluding carboxylic acids is 2. The Morgan fingerprint density at radius 2 is 1.54 bits per heavy atom. The van der Waals surface area contributed by atoms with Crippen LogP contribution in [0.25, 0.3) is 0 Å². The molecule has 0 N–H and O–H groups in total. The van der Waals surface area contributed by atoms with Gasteiger partial charge in [0.25, 0.3) is 0 Å². The maximum atomic E-state index is 10.9. The monoisotopic (exact) mass is 232 g/mol. The second kappa shape index (κ2) is 9.48. The molecule has 0 fully saturated rings. The van der Waals surface area contributed by atoms with Crippen LogP contribution in [0.15, 0.2) is 0 Å². The van der Waals surface area contributed by atoms with Crippen molar-refractivity contribution in [3.8, 4) is 0 Å². The van der Waals surface area contributed by atoms with Gasteiger partial charge in [-0.2, -0.15) is 12.6 Å². The summed E-state index contributed by atoms with van der Waals surface area (Å²) in [7, 11) is 0. The van der Waals surface area contributed by atoms with Gasteiger partial charge in [-0.25, -0.2) is 0 Å². The van der Waals surface area contributed by atoms with Gasteiger partial charge in [-0.1, -0.05) is 0 Å². The van der Waals surface area contributed by atoms with E-state index in [1.807, 2.05) is 0 Å². The van der Waals surface area contributed by atoms with Gasteiger partial charge in [0.1, 0.15) is 0 Å². The van der Waals surface area contributed by atoms with E-state index in [1.165, 1.54) is 0 Å². The maximum absolute atomic E-state index is 10.9. The number of thiol groups is 1. The maximum Gasteiger partial charge on any atom is 1.00 e. The predicted octanol–water partition coefficient (Wildman–Crippen LogP) is -2.47. The van der Waals surface area contributed by atoms with Crippen LogP contribution in [0.4, 0.5) is 0 Å². The standard InChI is InChI=1S/C7H12O4S.K.H/c1-3-10-6(8)5(12)7(9)11-4-2;;/h5,12H,3-4H2,1-2H3;;/q;+1;-1. The average Bonchev–Trinajstić information content (AvgIpc) is 2.04. The molecule has 0 rings (SSSR count). The molecule has 0 radical (unpaired) electrons. The summed E-state index contributed by atoms with van der Waals surface area (Å²) in [6.07, 6.45) is 0. The van der Waals surface area contributed by atoms with Crippen molar-refractivity contribution in [2.75, 3.05) is 13.2 Å². The summed E-state index contributed by atoms with van der Waals surface area (Å²) in [6.45, 7) is 3.78. The topological polar surface area (TPSA) is 52.6 Å². The fraction of sp³-hybridized carbons (Fsp3) is 0.714. The summed E-state index contributed by atoms with van der Waals surface area (Å²) in [6, 6.07) is 0. The van der Waals surface area contributed by atoms with Crippen LogP contribution in [0, 0.1) is 0 Å². The van der Waals surface area contributed by atoms with Crippen molar-refractivity contribution in [1.82, 2.24) is 0 Å². The van der Waals surface area contributed by atoms with Crippen LogP contribution >= 0.6 is 12.6 Å². The number of carbonyl (C=O) groups is 2. The van der Waals surface area contributed by atoms with Gasteiger partial charge in [0, 0.05) is 0 Å². The Balaban J connectivity index is -0.000000605. The fourth-order valence-corrected chi connectivity index (χ4v) is 0.688. The van der Waals surface area contributed by atoms with Gasteiger partial charge in [-0.3, -0.25) is 9.59 Å². The van der Waals surface area contributed by atoms with Gasteiger partial charge in [0.2, 0.25) is 0 Å². The van der Waals surface area contributed by atoms with Gasteiger partial charge in [-0.05, 0) is 13.8 Å². The van der Waals surface area contributed by atoms with Crippen LogP contribution in [-0.4, -0.2) is 30.4 Å². The zero-order chi connectivity index (χ0) is 9.56. The second-order valence-corrected chi connectivity index (χ2v) is 2.42. The zero-order valence-electron chi connectivity index (χ0n) is 9.07. The first-order chi connectivity index (χ1) is 5.63. The minimum atomic E-state index is -1.12. The van der Waals surface area contributed by atoms with Crippen molar-refractivity contribution in [2.45, 2.75) is 19.1 Å². The van der Waals surface area contributed by atoms with Gasteiger partial charge >= 0.3 is 63.3 Å². The molecule has 0 amide bonds. The minimum Gasteiger partial charge on any atom is -1.00 e. The van der Waals surface area contributed by atoms with E-state index in [2.05, 4.69) is 22.1 Å². The molecule has 0 aromatic carbocycles. The Morgan fingerprint density at radius 1 is 1.23 bits per heavy atom. The van der Waals surface area contributed by atoms with Crippen LogP contribution in [0.1, 0.15) is 15.3 Å². The van der Waals surface area contributed by atoms with E-state index in [-0.39, 0.29) is 66.0 Å². The molecule has 0 saturated heterocycles. The van der Waals surface area contributed by atoms with Crippen molar-refractivity contribution >= 4 is 24.6 Å². The molecule has 0 bridgehead atoms. The van der Waals surface area contributed by atoms with Gasteiger partial charge < -0.3 is 10.9 Å². The molecular formula is C7H13KO4S. The number of hydrogen-bond donors (Lipinski definition) is 1. The molecule has 0 aliphatic rings. The van der Waals surface area contributed by atoms with E-state index in [4.69, 9.17) is 0 Å². The molecule has 0 aliphatic heterocycles. The Kier molecular flexibility index (Phi) is 11.9. The zero-order valence-corrected chi connectivity index (χ0v) is 12.1. The van der Waals surface area contributed by atoms with Crippen LogP contribution in [0.5, 0.6) is 0 Å². The molecule has 13 heavy (non-hydrogen) atoms. The van der Waals surface area contributed by atoms with Crippen LogP contribution < -0.4 is 51.4 Å². The van der Waals surface area contributed by atoms with Crippen LogP contribution in [0.2, 0.25) is 0 Å². The molecule has 0 aromatic rings. The molecule has 0 spiro atoms. The Hall–Kier alpha value is 0.926. The van der Waals surface area contributed by atoms with E-state index >= 15 is 0 Å². The second-order valence-electron chi connectivity index (χ2n) is 1.91. The molecule has 72 valence electrons. The first kappa shape index (κ1) is 16.4. The van der Waals surface area contributed by atoms with E-state index in [9.17, 15) is 9.59 Å². The quantitative estimate of drug-likeness (QED) is 0.253. The summed E-state index contributed by atoms with van der Waals surface area (Å²) in [5.41, 5.74) is 0. The minimum absolute atomic E-state index is 0. The van der Waals surface area contributed by atoms with E-state index in [0.29, 0.717) is 0 Å². The van der Waals surface area contributed by atoms with Crippen molar-refractivity contribution in [2.24, 2.45) is 0 Å². The molecule has 6 heteroatoms. The first-order valence-corrected chi connectivity index (χ1v) is 4.16. The molecular weight excluding hydrogens is 219 g/mol. The smallest absolute Gasteiger partial charge is 1.00 e. The van der Waals surface area contributed by atoms with Crippen molar-refractivity contribution < 1.29 is 71.9 Å². The van der Waals surface area contributed by atoms with E-state index in [1.54, 1.807) is 13.8 Å². The third-order valence-corrected chi connectivity index (χ3v) is 1.44. The number of esters is 2.